The van der Waals surface area contributed by atoms with Crippen LogP contribution in [-0.2, 0) is 6.42 Å². The molecule has 0 aliphatic carbocycles. The SMILES string of the molecule is CN(C)c1ccccc1CCC1CNC1. The minimum absolute atomic E-state index is 0.903. The van der Waals surface area contributed by atoms with Gasteiger partial charge in [0.2, 0.25) is 0 Å². The molecule has 0 radical (unpaired) electrons. The van der Waals surface area contributed by atoms with E-state index in [1.165, 1.54) is 37.2 Å². The van der Waals surface area contributed by atoms with E-state index in [4.69, 9.17) is 0 Å². The summed E-state index contributed by atoms with van der Waals surface area (Å²) in [6.07, 6.45) is 2.53. The van der Waals surface area contributed by atoms with E-state index in [2.05, 4.69) is 48.6 Å². The molecule has 0 bridgehead atoms. The highest BCUT2D eigenvalue weighted by Gasteiger charge is 2.16. The predicted octanol–water partition coefficient (Wildman–Crippen LogP) is 1.90. The fraction of sp³-hybridized carbons (Fsp3) is 0.538. The Morgan fingerprint density at radius 1 is 1.27 bits per heavy atom. The van der Waals surface area contributed by atoms with E-state index in [0.717, 1.165) is 5.92 Å². The van der Waals surface area contributed by atoms with Crippen LogP contribution in [0.25, 0.3) is 0 Å². The van der Waals surface area contributed by atoms with Gasteiger partial charge in [0.1, 0.15) is 0 Å². The average Bonchev–Trinajstić information content (AvgIpc) is 2.16. The fourth-order valence-corrected chi connectivity index (χ4v) is 2.07. The predicted molar refractivity (Wildman–Crippen MR) is 65.4 cm³/mol. The van der Waals surface area contributed by atoms with Crippen molar-refractivity contribution < 1.29 is 0 Å². The third-order valence-electron chi connectivity index (χ3n) is 3.16. The van der Waals surface area contributed by atoms with Crippen molar-refractivity contribution in [2.75, 3.05) is 32.1 Å². The van der Waals surface area contributed by atoms with Gasteiger partial charge in [0.25, 0.3) is 0 Å². The lowest BCUT2D eigenvalue weighted by Gasteiger charge is -2.27. The zero-order valence-corrected chi connectivity index (χ0v) is 9.66. The topological polar surface area (TPSA) is 15.3 Å². The summed E-state index contributed by atoms with van der Waals surface area (Å²) in [5.74, 6) is 0.903. The lowest BCUT2D eigenvalue weighted by Crippen LogP contribution is -2.42. The van der Waals surface area contributed by atoms with E-state index in [1.54, 1.807) is 0 Å². The normalized spacial score (nSPS) is 16.1. The number of nitrogens with zero attached hydrogens (tertiary/aromatic N) is 1. The molecule has 1 aromatic carbocycles. The van der Waals surface area contributed by atoms with Gasteiger partial charge in [-0.3, -0.25) is 0 Å². The Balaban J connectivity index is 1.99. The summed E-state index contributed by atoms with van der Waals surface area (Å²) in [5, 5.41) is 3.32. The summed E-state index contributed by atoms with van der Waals surface area (Å²) in [6, 6.07) is 8.71. The van der Waals surface area contributed by atoms with Gasteiger partial charge in [0, 0.05) is 19.8 Å². The van der Waals surface area contributed by atoms with Crippen LogP contribution in [0.1, 0.15) is 12.0 Å². The fourth-order valence-electron chi connectivity index (χ4n) is 2.07. The maximum atomic E-state index is 3.32. The van der Waals surface area contributed by atoms with Gasteiger partial charge in [0.05, 0.1) is 0 Å². The molecule has 0 spiro atoms. The van der Waals surface area contributed by atoms with Crippen molar-refractivity contribution in [3.63, 3.8) is 0 Å². The lowest BCUT2D eigenvalue weighted by molar-refractivity contribution is 0.328. The number of hydrogen-bond donors (Lipinski definition) is 1. The molecule has 0 atom stereocenters. The standard InChI is InChI=1S/C13H20N2/c1-15(2)13-6-4-3-5-12(13)8-7-11-9-14-10-11/h3-6,11,14H,7-10H2,1-2H3. The number of rotatable bonds is 4. The van der Waals surface area contributed by atoms with E-state index < -0.39 is 0 Å². The minimum atomic E-state index is 0.903. The first kappa shape index (κ1) is 10.5. The van der Waals surface area contributed by atoms with Gasteiger partial charge >= 0.3 is 0 Å². The number of benzene rings is 1. The van der Waals surface area contributed by atoms with Gasteiger partial charge in [-0.2, -0.15) is 0 Å². The minimum Gasteiger partial charge on any atom is -0.377 e. The molecule has 1 aliphatic heterocycles. The summed E-state index contributed by atoms with van der Waals surface area (Å²) in [7, 11) is 4.23. The maximum absolute atomic E-state index is 3.32. The molecule has 0 unspecified atom stereocenters. The zero-order chi connectivity index (χ0) is 10.7. The molecular weight excluding hydrogens is 184 g/mol. The monoisotopic (exact) mass is 204 g/mol. The molecule has 1 saturated heterocycles. The van der Waals surface area contributed by atoms with Gasteiger partial charge in [-0.05, 0) is 43.5 Å². The largest absolute Gasteiger partial charge is 0.377 e. The summed E-state index contributed by atoms with van der Waals surface area (Å²) < 4.78 is 0. The van der Waals surface area contributed by atoms with Crippen LogP contribution >= 0.6 is 0 Å². The van der Waals surface area contributed by atoms with Crippen LogP contribution in [0.2, 0.25) is 0 Å². The lowest BCUT2D eigenvalue weighted by atomic mass is 9.94. The number of hydrogen-bond acceptors (Lipinski definition) is 2. The molecular formula is C13H20N2. The van der Waals surface area contributed by atoms with E-state index in [-0.39, 0.29) is 0 Å². The van der Waals surface area contributed by atoms with Crippen LogP contribution in [0.3, 0.4) is 0 Å². The van der Waals surface area contributed by atoms with Crippen molar-refractivity contribution in [3.05, 3.63) is 29.8 Å². The second-order valence-corrected chi connectivity index (χ2v) is 4.59. The summed E-state index contributed by atoms with van der Waals surface area (Å²) in [4.78, 5) is 2.20. The molecule has 0 saturated carbocycles. The van der Waals surface area contributed by atoms with Gasteiger partial charge in [-0.1, -0.05) is 18.2 Å². The molecule has 2 rings (SSSR count). The highest BCUT2D eigenvalue weighted by atomic mass is 15.1. The van der Waals surface area contributed by atoms with E-state index in [9.17, 15) is 0 Å². The molecule has 15 heavy (non-hydrogen) atoms. The Bertz CT molecular complexity index is 316. The first-order valence-electron chi connectivity index (χ1n) is 5.73. The first-order valence-corrected chi connectivity index (χ1v) is 5.73. The summed E-state index contributed by atoms with van der Waals surface area (Å²) in [5.41, 5.74) is 2.85. The van der Waals surface area contributed by atoms with Gasteiger partial charge < -0.3 is 10.2 Å². The van der Waals surface area contributed by atoms with E-state index in [1.807, 2.05) is 0 Å². The maximum Gasteiger partial charge on any atom is 0.0393 e. The molecule has 1 N–H and O–H groups in total. The van der Waals surface area contributed by atoms with E-state index in [0.29, 0.717) is 0 Å². The number of aryl methyl sites for hydroxylation is 1. The van der Waals surface area contributed by atoms with Crippen LogP contribution in [0.4, 0.5) is 5.69 Å². The number of nitrogens with one attached hydrogen (secondary N) is 1. The van der Waals surface area contributed by atoms with Crippen LogP contribution in [0, 0.1) is 5.92 Å². The second-order valence-electron chi connectivity index (χ2n) is 4.59. The van der Waals surface area contributed by atoms with Gasteiger partial charge in [-0.15, -0.1) is 0 Å². The van der Waals surface area contributed by atoms with Crippen molar-refractivity contribution in [3.8, 4) is 0 Å². The molecule has 1 aromatic rings. The Labute approximate surface area is 92.3 Å². The molecule has 82 valence electrons. The van der Waals surface area contributed by atoms with Crippen molar-refractivity contribution >= 4 is 5.69 Å². The second kappa shape index (κ2) is 4.67. The number of para-hydroxylation sites is 1. The zero-order valence-electron chi connectivity index (χ0n) is 9.66. The summed E-state index contributed by atoms with van der Waals surface area (Å²) >= 11 is 0. The van der Waals surface area contributed by atoms with Crippen LogP contribution in [0.5, 0.6) is 0 Å². The van der Waals surface area contributed by atoms with E-state index >= 15 is 0 Å². The Hall–Kier alpha value is -1.02. The van der Waals surface area contributed by atoms with Gasteiger partial charge in [-0.25, -0.2) is 0 Å². The molecule has 0 aromatic heterocycles. The first-order chi connectivity index (χ1) is 7.27. The number of anilines is 1. The third kappa shape index (κ3) is 2.51. The molecule has 1 heterocycles. The third-order valence-corrected chi connectivity index (χ3v) is 3.16. The molecule has 0 amide bonds. The highest BCUT2D eigenvalue weighted by molar-refractivity contribution is 5.52. The summed E-state index contributed by atoms with van der Waals surface area (Å²) in [6.45, 7) is 2.42. The molecule has 2 nitrogen and oxygen atoms in total. The van der Waals surface area contributed by atoms with Crippen LogP contribution < -0.4 is 10.2 Å². The highest BCUT2D eigenvalue weighted by Crippen LogP contribution is 2.21. The van der Waals surface area contributed by atoms with Gasteiger partial charge in [0.15, 0.2) is 0 Å². The van der Waals surface area contributed by atoms with Crippen molar-refractivity contribution in [2.24, 2.45) is 5.92 Å². The Morgan fingerprint density at radius 3 is 2.60 bits per heavy atom. The average molecular weight is 204 g/mol. The Morgan fingerprint density at radius 2 is 2.00 bits per heavy atom. The van der Waals surface area contributed by atoms with Crippen molar-refractivity contribution in [1.82, 2.24) is 5.32 Å². The Kier molecular flexibility index (Phi) is 3.27. The molecule has 2 heteroatoms. The van der Waals surface area contributed by atoms with Crippen molar-refractivity contribution in [1.29, 1.82) is 0 Å². The van der Waals surface area contributed by atoms with Crippen molar-refractivity contribution in [2.45, 2.75) is 12.8 Å². The molecule has 1 fully saturated rings. The smallest absolute Gasteiger partial charge is 0.0393 e. The molecule has 1 aliphatic rings. The van der Waals surface area contributed by atoms with Crippen LogP contribution in [-0.4, -0.2) is 27.2 Å². The van der Waals surface area contributed by atoms with Crippen LogP contribution in [0.15, 0.2) is 24.3 Å². The quantitative estimate of drug-likeness (QED) is 0.806.